The molecule has 2 aliphatic heterocycles. The first-order valence-electron chi connectivity index (χ1n) is 12.2. The largest absolute Gasteiger partial charge is 0.486 e. The van der Waals surface area contributed by atoms with Crippen molar-refractivity contribution in [1.82, 2.24) is 14.5 Å². The highest BCUT2D eigenvalue weighted by molar-refractivity contribution is 5.77. The first-order chi connectivity index (χ1) is 17.6. The van der Waals surface area contributed by atoms with E-state index in [1.165, 1.54) is 0 Å². The zero-order chi connectivity index (χ0) is 25.1. The van der Waals surface area contributed by atoms with Gasteiger partial charge in [-0.05, 0) is 56.2 Å². The summed E-state index contributed by atoms with van der Waals surface area (Å²) in [5, 5.41) is 0. The number of likely N-dealkylation sites (N-methyl/N-ethyl adjacent to an activating group) is 1. The van der Waals surface area contributed by atoms with E-state index in [2.05, 4.69) is 4.98 Å². The molecule has 188 valence electrons. The summed E-state index contributed by atoms with van der Waals surface area (Å²) >= 11 is 0. The van der Waals surface area contributed by atoms with Crippen LogP contribution < -0.4 is 24.6 Å². The highest BCUT2D eigenvalue weighted by Crippen LogP contribution is 2.33. The zero-order valence-corrected chi connectivity index (χ0v) is 20.4. The molecule has 0 spiro atoms. The second-order valence-electron chi connectivity index (χ2n) is 8.65. The van der Waals surface area contributed by atoms with E-state index in [9.17, 15) is 9.59 Å². The van der Waals surface area contributed by atoms with Gasteiger partial charge in [-0.2, -0.15) is 4.98 Å². The van der Waals surface area contributed by atoms with Crippen molar-refractivity contribution in [3.8, 4) is 34.4 Å². The van der Waals surface area contributed by atoms with E-state index in [1.807, 2.05) is 56.3 Å². The van der Waals surface area contributed by atoms with E-state index in [-0.39, 0.29) is 36.8 Å². The quantitative estimate of drug-likeness (QED) is 0.478. The molecule has 9 nitrogen and oxygen atoms in total. The molecule has 2 aliphatic rings. The molecule has 0 saturated heterocycles. The van der Waals surface area contributed by atoms with Gasteiger partial charge in [0.15, 0.2) is 24.2 Å². The fraction of sp³-hybridized carbons (Fsp3) is 0.370. The lowest BCUT2D eigenvalue weighted by molar-refractivity contribution is -0.132. The van der Waals surface area contributed by atoms with Gasteiger partial charge < -0.3 is 23.8 Å². The van der Waals surface area contributed by atoms with Crippen molar-refractivity contribution in [3.63, 3.8) is 0 Å². The standard InChI is InChI=1S/C27H29N3O6/c1-3-29(4-2)26(31)17-33-19-9-10-21-18(13-19)11-12-30-22(21)14-25(28-27(30)32)35-16-20-15-34-23-7-5-6-8-24(23)36-20/h5-10,13-14,20H,3-4,11-12,15-17H2,1-2H3. The third-order valence-electron chi connectivity index (χ3n) is 6.41. The highest BCUT2D eigenvalue weighted by Gasteiger charge is 2.23. The van der Waals surface area contributed by atoms with Crippen molar-refractivity contribution < 1.29 is 23.7 Å². The summed E-state index contributed by atoms with van der Waals surface area (Å²) in [7, 11) is 0. The number of hydrogen-bond donors (Lipinski definition) is 0. The van der Waals surface area contributed by atoms with Crippen molar-refractivity contribution in [2.75, 3.05) is 32.9 Å². The summed E-state index contributed by atoms with van der Waals surface area (Å²) in [5.41, 5.74) is 2.34. The normalized spacial score (nSPS) is 15.4. The number of carbonyl (C=O) groups is 1. The number of amides is 1. The maximum atomic E-state index is 12.7. The van der Waals surface area contributed by atoms with Crippen LogP contribution in [0.3, 0.4) is 0 Å². The number of nitrogens with zero attached hydrogens (tertiary/aromatic N) is 3. The molecule has 3 heterocycles. The Balaban J connectivity index is 1.29. The highest BCUT2D eigenvalue weighted by atomic mass is 16.6. The van der Waals surface area contributed by atoms with E-state index in [0.29, 0.717) is 49.9 Å². The van der Waals surface area contributed by atoms with Crippen LogP contribution in [0.1, 0.15) is 19.4 Å². The Hall–Kier alpha value is -4.01. The fourth-order valence-electron chi connectivity index (χ4n) is 4.48. The summed E-state index contributed by atoms with van der Waals surface area (Å²) in [4.78, 5) is 30.8. The molecule has 0 N–H and O–H groups in total. The molecule has 3 aromatic rings. The second-order valence-corrected chi connectivity index (χ2v) is 8.65. The molecular formula is C27H29N3O6. The van der Waals surface area contributed by atoms with Crippen LogP contribution in [-0.2, 0) is 17.8 Å². The van der Waals surface area contributed by atoms with Gasteiger partial charge in [-0.25, -0.2) is 4.79 Å². The van der Waals surface area contributed by atoms with E-state index in [4.69, 9.17) is 18.9 Å². The van der Waals surface area contributed by atoms with Gasteiger partial charge in [-0.3, -0.25) is 9.36 Å². The van der Waals surface area contributed by atoms with Gasteiger partial charge in [0.2, 0.25) is 5.88 Å². The van der Waals surface area contributed by atoms with Crippen LogP contribution in [-0.4, -0.2) is 59.4 Å². The van der Waals surface area contributed by atoms with Gasteiger partial charge in [0.25, 0.3) is 5.91 Å². The van der Waals surface area contributed by atoms with E-state index >= 15 is 0 Å². The smallest absolute Gasteiger partial charge is 0.351 e. The van der Waals surface area contributed by atoms with Crippen LogP contribution in [0.2, 0.25) is 0 Å². The van der Waals surface area contributed by atoms with Crippen molar-refractivity contribution >= 4 is 5.91 Å². The monoisotopic (exact) mass is 491 g/mol. The Kier molecular flexibility index (Phi) is 6.79. The fourth-order valence-corrected chi connectivity index (χ4v) is 4.48. The Labute approximate surface area is 209 Å². The van der Waals surface area contributed by atoms with Crippen LogP contribution in [0.5, 0.6) is 23.1 Å². The molecule has 0 aliphatic carbocycles. The first-order valence-corrected chi connectivity index (χ1v) is 12.2. The minimum atomic E-state index is -0.357. The number of aromatic nitrogens is 2. The lowest BCUT2D eigenvalue weighted by Gasteiger charge is -2.26. The average Bonchev–Trinajstić information content (AvgIpc) is 2.91. The van der Waals surface area contributed by atoms with Crippen molar-refractivity contribution in [2.45, 2.75) is 32.9 Å². The Morgan fingerprint density at radius 1 is 1.11 bits per heavy atom. The minimum absolute atomic E-state index is 0.00412. The predicted molar refractivity (Wildman–Crippen MR) is 133 cm³/mol. The summed E-state index contributed by atoms with van der Waals surface area (Å²) in [6.07, 6.45) is 0.351. The second kappa shape index (κ2) is 10.3. The SMILES string of the molecule is CCN(CC)C(=O)COc1ccc2c(c1)CCn1c-2cc(OCC2COc3ccccc3O2)nc1=O. The number of benzene rings is 2. The number of ether oxygens (including phenoxy) is 4. The van der Waals surface area contributed by atoms with E-state index in [1.54, 1.807) is 15.5 Å². The van der Waals surface area contributed by atoms with Crippen molar-refractivity contribution in [1.29, 1.82) is 0 Å². The predicted octanol–water partition coefficient (Wildman–Crippen LogP) is 2.93. The van der Waals surface area contributed by atoms with Crippen molar-refractivity contribution in [2.24, 2.45) is 0 Å². The van der Waals surface area contributed by atoms with Crippen LogP contribution in [0, 0.1) is 0 Å². The van der Waals surface area contributed by atoms with Gasteiger partial charge in [0, 0.05) is 31.3 Å². The summed E-state index contributed by atoms with van der Waals surface area (Å²) in [6.45, 7) is 6.25. The van der Waals surface area contributed by atoms with Crippen LogP contribution in [0.15, 0.2) is 53.3 Å². The Bertz CT molecular complexity index is 1320. The molecule has 0 saturated carbocycles. The van der Waals surface area contributed by atoms with Crippen LogP contribution >= 0.6 is 0 Å². The number of rotatable bonds is 8. The Morgan fingerprint density at radius 2 is 1.92 bits per heavy atom. The summed E-state index contributed by atoms with van der Waals surface area (Å²) in [5.74, 6) is 2.20. The molecule has 0 bridgehead atoms. The molecule has 9 heteroatoms. The lowest BCUT2D eigenvalue weighted by atomic mass is 9.97. The molecule has 1 unspecified atom stereocenters. The van der Waals surface area contributed by atoms with E-state index < -0.39 is 0 Å². The third-order valence-corrected chi connectivity index (χ3v) is 6.41. The molecule has 1 amide bonds. The lowest BCUT2D eigenvalue weighted by Crippen LogP contribution is -2.35. The van der Waals surface area contributed by atoms with Crippen molar-refractivity contribution in [3.05, 3.63) is 64.6 Å². The topological polar surface area (TPSA) is 92.1 Å². The average molecular weight is 492 g/mol. The van der Waals surface area contributed by atoms with Gasteiger partial charge in [-0.1, -0.05) is 12.1 Å². The molecule has 36 heavy (non-hydrogen) atoms. The summed E-state index contributed by atoms with van der Waals surface area (Å²) < 4.78 is 24.9. The maximum absolute atomic E-state index is 12.7. The van der Waals surface area contributed by atoms with Gasteiger partial charge in [0.05, 0.1) is 5.69 Å². The van der Waals surface area contributed by atoms with Gasteiger partial charge in [0.1, 0.15) is 19.0 Å². The summed E-state index contributed by atoms with van der Waals surface area (Å²) in [6, 6.07) is 14.9. The van der Waals surface area contributed by atoms with E-state index in [0.717, 1.165) is 16.8 Å². The molecule has 5 rings (SSSR count). The number of para-hydroxylation sites is 2. The number of hydrogen-bond acceptors (Lipinski definition) is 7. The van der Waals surface area contributed by atoms with Gasteiger partial charge >= 0.3 is 5.69 Å². The maximum Gasteiger partial charge on any atom is 0.351 e. The number of aryl methyl sites for hydroxylation is 1. The molecule has 1 atom stereocenters. The first kappa shape index (κ1) is 23.7. The Morgan fingerprint density at radius 3 is 2.72 bits per heavy atom. The molecule has 1 aromatic heterocycles. The molecular weight excluding hydrogens is 462 g/mol. The van der Waals surface area contributed by atoms with Gasteiger partial charge in [-0.15, -0.1) is 0 Å². The number of fused-ring (bicyclic) bond motifs is 4. The van der Waals surface area contributed by atoms with Crippen LogP contribution in [0.4, 0.5) is 0 Å². The molecule has 0 radical (unpaired) electrons. The molecule has 2 aromatic carbocycles. The molecule has 0 fully saturated rings. The zero-order valence-electron chi connectivity index (χ0n) is 20.4. The minimum Gasteiger partial charge on any atom is -0.486 e. The van der Waals surface area contributed by atoms with Crippen LogP contribution in [0.25, 0.3) is 11.3 Å². The number of carbonyl (C=O) groups excluding carboxylic acids is 1. The third kappa shape index (κ3) is 4.86.